The lowest BCUT2D eigenvalue weighted by atomic mass is 10.2. The number of nitrogens with zero attached hydrogens (tertiary/aromatic N) is 2. The van der Waals surface area contributed by atoms with Gasteiger partial charge >= 0.3 is 0 Å². The van der Waals surface area contributed by atoms with Gasteiger partial charge in [0.25, 0.3) is 10.0 Å². The number of hydrogen-bond donors (Lipinski definition) is 3. The van der Waals surface area contributed by atoms with Crippen molar-refractivity contribution in [3.05, 3.63) is 59.0 Å². The number of fused-ring (bicyclic) bond motifs is 1. The molecule has 25 heavy (non-hydrogen) atoms. The van der Waals surface area contributed by atoms with Crippen LogP contribution in [0.3, 0.4) is 0 Å². The standard InChI is InChI=1S/C15H12ClFN2O5S/c16-11-5-4-10(6-14(11)19(21)22)25(23,24)18-7-9(8-20)15-12(17)2-1-3-13(15)18/h1-7,20-22H,8H2. The highest BCUT2D eigenvalue weighted by Crippen LogP contribution is 2.31. The first kappa shape index (κ1) is 17.6. The summed E-state index contributed by atoms with van der Waals surface area (Å²) in [6.07, 6.45) is 1.12. The molecule has 0 aliphatic heterocycles. The lowest BCUT2D eigenvalue weighted by Gasteiger charge is -2.13. The molecule has 0 amide bonds. The number of anilines is 1. The molecule has 0 radical (unpaired) electrons. The molecule has 1 aromatic heterocycles. The van der Waals surface area contributed by atoms with Crippen molar-refractivity contribution >= 4 is 38.2 Å². The van der Waals surface area contributed by atoms with Crippen molar-refractivity contribution in [3.8, 4) is 0 Å². The summed E-state index contributed by atoms with van der Waals surface area (Å²) in [5.41, 5.74) is -0.185. The Morgan fingerprint density at radius 2 is 1.92 bits per heavy atom. The zero-order chi connectivity index (χ0) is 18.4. The largest absolute Gasteiger partial charge is 0.392 e. The average molecular weight is 387 g/mol. The second kappa shape index (κ2) is 6.28. The van der Waals surface area contributed by atoms with Crippen molar-refractivity contribution in [2.75, 3.05) is 5.23 Å². The van der Waals surface area contributed by atoms with E-state index in [0.29, 0.717) is 0 Å². The smallest absolute Gasteiger partial charge is 0.268 e. The van der Waals surface area contributed by atoms with E-state index in [1.807, 2.05) is 0 Å². The predicted octanol–water partition coefficient (Wildman–Crippen LogP) is 2.75. The normalized spacial score (nSPS) is 11.9. The minimum Gasteiger partial charge on any atom is -0.392 e. The summed E-state index contributed by atoms with van der Waals surface area (Å²) in [4.78, 5) is -0.300. The van der Waals surface area contributed by atoms with E-state index < -0.39 is 22.4 Å². The van der Waals surface area contributed by atoms with Gasteiger partial charge in [0.05, 0.1) is 22.0 Å². The van der Waals surface area contributed by atoms with Crippen LogP contribution in [0.1, 0.15) is 5.56 Å². The fourth-order valence-corrected chi connectivity index (χ4v) is 4.13. The average Bonchev–Trinajstić information content (AvgIpc) is 2.95. The molecule has 0 saturated carbocycles. The van der Waals surface area contributed by atoms with Crippen LogP contribution in [0, 0.1) is 5.82 Å². The van der Waals surface area contributed by atoms with E-state index in [4.69, 9.17) is 22.0 Å². The molecule has 7 nitrogen and oxygen atoms in total. The maximum absolute atomic E-state index is 14.1. The molecule has 0 spiro atoms. The third kappa shape index (κ3) is 2.86. The van der Waals surface area contributed by atoms with Gasteiger partial charge in [-0.15, -0.1) is 5.23 Å². The number of aromatic nitrogens is 1. The Kier molecular flexibility index (Phi) is 4.43. The zero-order valence-electron chi connectivity index (χ0n) is 12.5. The molecular weight excluding hydrogens is 375 g/mol. The highest BCUT2D eigenvalue weighted by atomic mass is 35.5. The van der Waals surface area contributed by atoms with Crippen molar-refractivity contribution in [1.82, 2.24) is 3.97 Å². The number of hydrogen-bond acceptors (Lipinski definition) is 6. The van der Waals surface area contributed by atoms with Gasteiger partial charge in [0, 0.05) is 17.1 Å². The summed E-state index contributed by atoms with van der Waals surface area (Å²) in [5.74, 6) is -0.663. The number of rotatable bonds is 4. The van der Waals surface area contributed by atoms with Crippen LogP contribution in [0.5, 0.6) is 0 Å². The molecule has 132 valence electrons. The summed E-state index contributed by atoms with van der Waals surface area (Å²) in [5, 5.41) is 27.3. The fraction of sp³-hybridized carbons (Fsp3) is 0.0667. The summed E-state index contributed by atoms with van der Waals surface area (Å²) in [6.45, 7) is -0.549. The van der Waals surface area contributed by atoms with Crippen LogP contribution < -0.4 is 5.23 Å². The number of benzene rings is 2. The van der Waals surface area contributed by atoms with Gasteiger partial charge in [-0.25, -0.2) is 16.8 Å². The van der Waals surface area contributed by atoms with E-state index in [2.05, 4.69) is 0 Å². The molecule has 0 aliphatic carbocycles. The fourth-order valence-electron chi connectivity index (χ4n) is 2.53. The third-order valence-electron chi connectivity index (χ3n) is 3.68. The summed E-state index contributed by atoms with van der Waals surface area (Å²) >= 11 is 5.78. The van der Waals surface area contributed by atoms with E-state index >= 15 is 0 Å². The van der Waals surface area contributed by atoms with Gasteiger partial charge in [0.15, 0.2) is 0 Å². The van der Waals surface area contributed by atoms with Crippen molar-refractivity contribution in [2.24, 2.45) is 0 Å². The van der Waals surface area contributed by atoms with Crippen LogP contribution in [0.25, 0.3) is 10.9 Å². The highest BCUT2D eigenvalue weighted by Gasteiger charge is 2.24. The molecule has 3 N–H and O–H groups in total. The van der Waals surface area contributed by atoms with E-state index in [9.17, 15) is 17.9 Å². The van der Waals surface area contributed by atoms with Crippen LogP contribution in [0.2, 0.25) is 5.02 Å². The zero-order valence-corrected chi connectivity index (χ0v) is 14.0. The van der Waals surface area contributed by atoms with Crippen molar-refractivity contribution < 1.29 is 28.3 Å². The first-order valence-electron chi connectivity index (χ1n) is 6.89. The topological polar surface area (TPSA) is 103 Å². The molecule has 0 unspecified atom stereocenters. The molecule has 0 bridgehead atoms. The minimum atomic E-state index is -4.21. The summed E-state index contributed by atoms with van der Waals surface area (Å²) in [6, 6.07) is 7.23. The first-order chi connectivity index (χ1) is 11.8. The third-order valence-corrected chi connectivity index (χ3v) is 5.67. The molecule has 0 fully saturated rings. The second-order valence-electron chi connectivity index (χ2n) is 5.15. The Balaban J connectivity index is 2.28. The van der Waals surface area contributed by atoms with Crippen LogP contribution >= 0.6 is 11.6 Å². The van der Waals surface area contributed by atoms with Gasteiger partial charge in [-0.2, -0.15) is 0 Å². The first-order valence-corrected chi connectivity index (χ1v) is 8.71. The van der Waals surface area contributed by atoms with Gasteiger partial charge in [-0.3, -0.25) is 10.4 Å². The predicted molar refractivity (Wildman–Crippen MR) is 87.9 cm³/mol. The van der Waals surface area contributed by atoms with Gasteiger partial charge in [-0.1, -0.05) is 17.7 Å². The summed E-state index contributed by atoms with van der Waals surface area (Å²) in [7, 11) is -4.21. The van der Waals surface area contributed by atoms with Crippen molar-refractivity contribution in [2.45, 2.75) is 11.5 Å². The Morgan fingerprint density at radius 3 is 2.56 bits per heavy atom. The van der Waals surface area contributed by atoms with Gasteiger partial charge in [0.1, 0.15) is 11.5 Å². The van der Waals surface area contributed by atoms with Gasteiger partial charge in [-0.05, 0) is 30.3 Å². The molecule has 0 atom stereocenters. The van der Waals surface area contributed by atoms with Crippen molar-refractivity contribution in [1.29, 1.82) is 0 Å². The molecule has 3 rings (SSSR count). The molecule has 1 heterocycles. The highest BCUT2D eigenvalue weighted by molar-refractivity contribution is 7.90. The lowest BCUT2D eigenvalue weighted by molar-refractivity contribution is 0.0291. The van der Waals surface area contributed by atoms with Crippen LogP contribution in [-0.2, 0) is 16.6 Å². The summed E-state index contributed by atoms with van der Waals surface area (Å²) < 4.78 is 40.7. The maximum Gasteiger partial charge on any atom is 0.268 e. The molecule has 0 saturated heterocycles. The molecule has 0 aliphatic rings. The SMILES string of the molecule is O=S(=O)(c1ccc(Cl)c(N(O)O)c1)n1cc(CO)c2c(F)cccc21. The van der Waals surface area contributed by atoms with E-state index in [0.717, 1.165) is 22.3 Å². The quantitative estimate of drug-likeness (QED) is 0.596. The lowest BCUT2D eigenvalue weighted by Crippen LogP contribution is -2.15. The Labute approximate surface area is 146 Å². The second-order valence-corrected chi connectivity index (χ2v) is 7.37. The Bertz CT molecular complexity index is 1070. The van der Waals surface area contributed by atoms with Crippen LogP contribution in [-0.4, -0.2) is 27.9 Å². The van der Waals surface area contributed by atoms with E-state index in [1.54, 1.807) is 0 Å². The van der Waals surface area contributed by atoms with Gasteiger partial charge in [0.2, 0.25) is 0 Å². The van der Waals surface area contributed by atoms with Crippen molar-refractivity contribution in [3.63, 3.8) is 0 Å². The number of halogens is 2. The number of aliphatic hydroxyl groups is 1. The Morgan fingerprint density at radius 1 is 1.20 bits per heavy atom. The van der Waals surface area contributed by atoms with Crippen LogP contribution in [0.4, 0.5) is 10.1 Å². The molecule has 2 aromatic carbocycles. The van der Waals surface area contributed by atoms with Crippen LogP contribution in [0.15, 0.2) is 47.5 Å². The monoisotopic (exact) mass is 386 g/mol. The number of aliphatic hydroxyl groups excluding tert-OH is 1. The maximum atomic E-state index is 14.1. The molecule has 3 aromatic rings. The van der Waals surface area contributed by atoms with E-state index in [1.165, 1.54) is 24.3 Å². The Hall–Kier alpha value is -2.17. The molecular formula is C15H12ClFN2O5S. The van der Waals surface area contributed by atoms with Gasteiger partial charge < -0.3 is 5.11 Å². The molecule has 10 heteroatoms. The van der Waals surface area contributed by atoms with E-state index in [-0.39, 0.29) is 37.3 Å². The minimum absolute atomic E-state index is 0.00583.